The second kappa shape index (κ2) is 5.90. The van der Waals surface area contributed by atoms with Crippen LogP contribution in [0.3, 0.4) is 0 Å². The molecule has 1 saturated heterocycles. The number of aliphatic carboxylic acids is 1. The van der Waals surface area contributed by atoms with Gasteiger partial charge < -0.3 is 10.0 Å². The third-order valence-electron chi connectivity index (χ3n) is 3.40. The molecular weight excluding hydrogens is 382 g/mol. The fourth-order valence-corrected chi connectivity index (χ4v) is 2.74. The van der Waals surface area contributed by atoms with Crippen LogP contribution in [0.15, 0.2) is 12.1 Å². The molecule has 8 heteroatoms. The van der Waals surface area contributed by atoms with Crippen molar-refractivity contribution in [3.8, 4) is 0 Å². The number of anilines is 1. The molecule has 0 atom stereocenters. The molecule has 0 radical (unpaired) electrons. The lowest BCUT2D eigenvalue weighted by Gasteiger charge is -2.31. The average molecular weight is 394 g/mol. The number of piperidine rings is 1. The summed E-state index contributed by atoms with van der Waals surface area (Å²) in [5, 5.41) is 20.0. The van der Waals surface area contributed by atoms with Gasteiger partial charge in [-0.1, -0.05) is 0 Å². The fraction of sp³-hybridized carbons (Fsp3) is 0.417. The van der Waals surface area contributed by atoms with Gasteiger partial charge in [0.2, 0.25) is 0 Å². The summed E-state index contributed by atoms with van der Waals surface area (Å²) in [6.45, 7) is 0.746. The number of nitro groups is 1. The highest BCUT2D eigenvalue weighted by molar-refractivity contribution is 14.1. The van der Waals surface area contributed by atoms with E-state index in [1.54, 1.807) is 27.5 Å². The van der Waals surface area contributed by atoms with Crippen molar-refractivity contribution in [3.05, 3.63) is 31.6 Å². The van der Waals surface area contributed by atoms with Gasteiger partial charge in [-0.15, -0.1) is 0 Å². The normalized spacial score (nSPS) is 16.2. The van der Waals surface area contributed by atoms with Crippen molar-refractivity contribution in [2.24, 2.45) is 5.92 Å². The predicted octanol–water partition coefficient (Wildman–Crippen LogP) is 2.64. The molecule has 1 aromatic rings. The number of carboxylic acids is 1. The Kier molecular flexibility index (Phi) is 4.41. The summed E-state index contributed by atoms with van der Waals surface area (Å²) in [5.74, 6) is -1.79. The Morgan fingerprint density at radius 3 is 2.55 bits per heavy atom. The van der Waals surface area contributed by atoms with Gasteiger partial charge in [-0.2, -0.15) is 0 Å². The first kappa shape index (κ1) is 14.9. The third kappa shape index (κ3) is 3.00. The highest BCUT2D eigenvalue weighted by atomic mass is 127. The van der Waals surface area contributed by atoms with E-state index in [9.17, 15) is 19.3 Å². The van der Waals surface area contributed by atoms with E-state index in [1.807, 2.05) is 0 Å². The zero-order valence-corrected chi connectivity index (χ0v) is 12.5. The van der Waals surface area contributed by atoms with Crippen molar-refractivity contribution in [3.63, 3.8) is 0 Å². The van der Waals surface area contributed by atoms with Crippen LogP contribution < -0.4 is 4.90 Å². The molecular formula is C12H12FIN2O4. The van der Waals surface area contributed by atoms with E-state index in [-0.39, 0.29) is 14.9 Å². The Bertz CT molecular complexity index is 559. The predicted molar refractivity (Wildman–Crippen MR) is 78.3 cm³/mol. The molecule has 0 bridgehead atoms. The number of benzene rings is 1. The molecule has 108 valence electrons. The minimum atomic E-state index is -0.854. The van der Waals surface area contributed by atoms with Gasteiger partial charge in [0.05, 0.1) is 14.4 Å². The van der Waals surface area contributed by atoms with Crippen molar-refractivity contribution >= 4 is 39.9 Å². The Morgan fingerprint density at radius 1 is 1.45 bits per heavy atom. The zero-order valence-electron chi connectivity index (χ0n) is 10.4. The minimum Gasteiger partial charge on any atom is -0.481 e. The van der Waals surface area contributed by atoms with Crippen molar-refractivity contribution in [1.82, 2.24) is 0 Å². The largest absolute Gasteiger partial charge is 0.481 e. The number of hydrogen-bond acceptors (Lipinski definition) is 4. The molecule has 1 aromatic carbocycles. The first-order valence-corrected chi connectivity index (χ1v) is 7.09. The summed E-state index contributed by atoms with van der Waals surface area (Å²) in [4.78, 5) is 23.1. The number of nitro benzene ring substituents is 1. The lowest BCUT2D eigenvalue weighted by atomic mass is 9.96. The van der Waals surface area contributed by atoms with Gasteiger partial charge >= 0.3 is 5.97 Å². The number of rotatable bonds is 3. The van der Waals surface area contributed by atoms with Crippen LogP contribution in [0.2, 0.25) is 0 Å². The summed E-state index contributed by atoms with van der Waals surface area (Å²) < 4.78 is 13.8. The van der Waals surface area contributed by atoms with E-state index < -0.39 is 22.6 Å². The number of carbonyl (C=O) groups is 1. The minimum absolute atomic E-state index is 0.149. The molecule has 1 aliphatic rings. The second-order valence-corrected chi connectivity index (χ2v) is 5.77. The van der Waals surface area contributed by atoms with Crippen molar-refractivity contribution in [2.75, 3.05) is 18.0 Å². The summed E-state index contributed by atoms with van der Waals surface area (Å²) >= 11 is 1.71. The van der Waals surface area contributed by atoms with E-state index >= 15 is 0 Å². The Balaban J connectivity index is 2.27. The average Bonchev–Trinajstić information content (AvgIpc) is 2.41. The summed E-state index contributed by atoms with van der Waals surface area (Å²) in [5.41, 5.74) is 0.0707. The number of nitrogens with zero attached hydrogens (tertiary/aromatic N) is 2. The van der Waals surface area contributed by atoms with Crippen LogP contribution in [0.5, 0.6) is 0 Å². The van der Waals surface area contributed by atoms with Gasteiger partial charge in [0.15, 0.2) is 0 Å². The fourth-order valence-electron chi connectivity index (χ4n) is 2.29. The first-order chi connectivity index (χ1) is 9.40. The molecule has 2 rings (SSSR count). The summed E-state index contributed by atoms with van der Waals surface area (Å²) in [6, 6.07) is 2.36. The van der Waals surface area contributed by atoms with E-state index in [2.05, 4.69) is 0 Å². The van der Waals surface area contributed by atoms with E-state index in [0.717, 1.165) is 6.07 Å². The molecule has 1 N–H and O–H groups in total. The van der Waals surface area contributed by atoms with Crippen LogP contribution in [0.1, 0.15) is 12.8 Å². The van der Waals surface area contributed by atoms with Gasteiger partial charge in [-0.25, -0.2) is 4.39 Å². The van der Waals surface area contributed by atoms with Crippen molar-refractivity contribution in [2.45, 2.75) is 12.8 Å². The van der Waals surface area contributed by atoms with Crippen molar-refractivity contribution < 1.29 is 19.2 Å². The summed E-state index contributed by atoms with van der Waals surface area (Å²) in [6.07, 6.45) is 0.806. The molecule has 0 unspecified atom stereocenters. The maximum atomic E-state index is 13.6. The van der Waals surface area contributed by atoms with E-state index in [4.69, 9.17) is 5.11 Å². The molecule has 0 saturated carbocycles. The van der Waals surface area contributed by atoms with E-state index in [0.29, 0.717) is 25.9 Å². The molecule has 6 nitrogen and oxygen atoms in total. The standard InChI is InChI=1S/C12H12FIN2O4/c13-8-5-10(11(16(19)20)6-9(8)14)15-3-1-7(2-4-15)12(17)18/h5-7H,1-4H2,(H,17,18). The molecule has 0 aliphatic carbocycles. The number of hydrogen-bond donors (Lipinski definition) is 1. The van der Waals surface area contributed by atoms with Gasteiger partial charge in [0.1, 0.15) is 11.5 Å². The highest BCUT2D eigenvalue weighted by Crippen LogP contribution is 2.34. The van der Waals surface area contributed by atoms with Crippen molar-refractivity contribution in [1.29, 1.82) is 0 Å². The van der Waals surface area contributed by atoms with Crippen LogP contribution in [-0.2, 0) is 4.79 Å². The molecule has 20 heavy (non-hydrogen) atoms. The summed E-state index contributed by atoms with van der Waals surface area (Å²) in [7, 11) is 0. The van der Waals surface area contributed by atoms with Crippen LogP contribution in [0, 0.1) is 25.4 Å². The molecule has 1 fully saturated rings. The lowest BCUT2D eigenvalue weighted by molar-refractivity contribution is -0.384. The number of halogens is 2. The van der Waals surface area contributed by atoms with Crippen LogP contribution >= 0.6 is 22.6 Å². The second-order valence-electron chi connectivity index (χ2n) is 4.61. The van der Waals surface area contributed by atoms with Gasteiger partial charge in [-0.3, -0.25) is 14.9 Å². The number of carboxylic acid groups (broad SMARTS) is 1. The van der Waals surface area contributed by atoms with E-state index in [1.165, 1.54) is 6.07 Å². The van der Waals surface area contributed by atoms with Crippen LogP contribution in [-0.4, -0.2) is 29.1 Å². The Labute approximate surface area is 127 Å². The molecule has 0 spiro atoms. The van der Waals surface area contributed by atoms with Gasteiger partial charge in [0.25, 0.3) is 5.69 Å². The van der Waals surface area contributed by atoms with Crippen LogP contribution in [0.25, 0.3) is 0 Å². The zero-order chi connectivity index (χ0) is 14.9. The molecule has 1 aliphatic heterocycles. The van der Waals surface area contributed by atoms with Crippen LogP contribution in [0.4, 0.5) is 15.8 Å². The Morgan fingerprint density at radius 2 is 2.05 bits per heavy atom. The topological polar surface area (TPSA) is 83.7 Å². The first-order valence-electron chi connectivity index (χ1n) is 6.01. The maximum absolute atomic E-state index is 13.6. The quantitative estimate of drug-likeness (QED) is 0.484. The molecule has 0 amide bonds. The molecule has 0 aromatic heterocycles. The highest BCUT2D eigenvalue weighted by Gasteiger charge is 2.29. The monoisotopic (exact) mass is 394 g/mol. The third-order valence-corrected chi connectivity index (χ3v) is 4.23. The van der Waals surface area contributed by atoms with Gasteiger partial charge in [0, 0.05) is 25.2 Å². The molecule has 1 heterocycles. The SMILES string of the molecule is O=C(O)C1CCN(c2cc(F)c(I)cc2[N+](=O)[O-])CC1. The smallest absolute Gasteiger partial charge is 0.306 e. The lowest BCUT2D eigenvalue weighted by Crippen LogP contribution is -2.36. The van der Waals surface area contributed by atoms with Gasteiger partial charge in [-0.05, 0) is 35.4 Å². The Hall–Kier alpha value is -1.45. The maximum Gasteiger partial charge on any atom is 0.306 e.